The lowest BCUT2D eigenvalue weighted by Gasteiger charge is -2.08. The molecule has 0 N–H and O–H groups in total. The molecule has 0 aliphatic rings. The Morgan fingerprint density at radius 1 is 1.14 bits per heavy atom. The minimum Gasteiger partial charge on any atom is -0.404 e. The lowest BCUT2D eigenvalue weighted by molar-refractivity contribution is -0.385. The van der Waals surface area contributed by atoms with E-state index in [9.17, 15) is 14.9 Å². The Morgan fingerprint density at radius 2 is 1.86 bits per heavy atom. The summed E-state index contributed by atoms with van der Waals surface area (Å²) in [7, 11) is 0. The lowest BCUT2D eigenvalue weighted by Crippen LogP contribution is -2.12. The molecular formula is C21H21N3O4. The van der Waals surface area contributed by atoms with Gasteiger partial charge in [-0.1, -0.05) is 37.1 Å². The summed E-state index contributed by atoms with van der Waals surface area (Å²) in [6.07, 6.45) is 1.65. The molecule has 0 radical (unpaired) electrons. The number of nitro groups is 1. The summed E-state index contributed by atoms with van der Waals surface area (Å²) in [6.45, 7) is 5.65. The highest BCUT2D eigenvalue weighted by Crippen LogP contribution is 2.24. The highest BCUT2D eigenvalue weighted by Gasteiger charge is 2.19. The molecule has 0 aliphatic heterocycles. The van der Waals surface area contributed by atoms with E-state index in [4.69, 9.17) is 4.74 Å². The van der Waals surface area contributed by atoms with Crippen LogP contribution in [0.4, 0.5) is 5.69 Å². The average molecular weight is 379 g/mol. The highest BCUT2D eigenvalue weighted by atomic mass is 16.6. The molecule has 1 heterocycles. The van der Waals surface area contributed by atoms with E-state index in [2.05, 4.69) is 5.10 Å². The van der Waals surface area contributed by atoms with Crippen LogP contribution >= 0.6 is 0 Å². The number of benzene rings is 2. The molecule has 3 aromatic rings. The van der Waals surface area contributed by atoms with Crippen LogP contribution in [0.15, 0.2) is 48.5 Å². The zero-order chi connectivity index (χ0) is 20.3. The quantitative estimate of drug-likeness (QED) is 0.356. The number of aryl methyl sites for hydroxylation is 3. The lowest BCUT2D eigenvalue weighted by atomic mass is 10.1. The first-order valence-corrected chi connectivity index (χ1v) is 9.02. The molecule has 0 bridgehead atoms. The van der Waals surface area contributed by atoms with Gasteiger partial charge in [0, 0.05) is 17.7 Å². The first-order valence-electron chi connectivity index (χ1n) is 9.02. The minimum atomic E-state index is -0.667. The van der Waals surface area contributed by atoms with Gasteiger partial charge in [-0.3, -0.25) is 10.1 Å². The van der Waals surface area contributed by atoms with Gasteiger partial charge in [-0.15, -0.1) is 0 Å². The van der Waals surface area contributed by atoms with Crippen LogP contribution in [-0.4, -0.2) is 20.7 Å². The molecule has 28 heavy (non-hydrogen) atoms. The number of hydrogen-bond donors (Lipinski definition) is 0. The molecule has 0 saturated heterocycles. The van der Waals surface area contributed by atoms with Crippen molar-refractivity contribution >= 4 is 11.7 Å². The van der Waals surface area contributed by atoms with Gasteiger partial charge in [0.2, 0.25) is 5.88 Å². The first-order chi connectivity index (χ1) is 13.4. The second kappa shape index (κ2) is 8.04. The summed E-state index contributed by atoms with van der Waals surface area (Å²) in [4.78, 5) is 23.2. The van der Waals surface area contributed by atoms with E-state index in [0.29, 0.717) is 5.56 Å². The van der Waals surface area contributed by atoms with Crippen molar-refractivity contribution in [3.63, 3.8) is 0 Å². The molecule has 144 valence electrons. The van der Waals surface area contributed by atoms with Gasteiger partial charge in [-0.25, -0.2) is 9.48 Å². The molecule has 0 aliphatic carbocycles. The van der Waals surface area contributed by atoms with E-state index in [1.165, 1.54) is 18.2 Å². The molecule has 2 aromatic carbocycles. The Hall–Kier alpha value is -3.48. The molecule has 0 atom stereocenters. The van der Waals surface area contributed by atoms with Crippen molar-refractivity contribution in [1.29, 1.82) is 0 Å². The fraction of sp³-hybridized carbons (Fsp3) is 0.238. The maximum Gasteiger partial charge on any atom is 0.345 e. The van der Waals surface area contributed by atoms with Gasteiger partial charge in [-0.2, -0.15) is 5.10 Å². The summed E-state index contributed by atoms with van der Waals surface area (Å²) in [5.74, 6) is -0.389. The Bertz CT molecular complexity index is 1020. The zero-order valence-electron chi connectivity index (χ0n) is 16.0. The summed E-state index contributed by atoms with van der Waals surface area (Å²) >= 11 is 0. The fourth-order valence-corrected chi connectivity index (χ4v) is 2.82. The Balaban J connectivity index is 1.95. The Morgan fingerprint density at radius 3 is 2.50 bits per heavy atom. The number of esters is 1. The van der Waals surface area contributed by atoms with E-state index in [1.807, 2.05) is 38.1 Å². The topological polar surface area (TPSA) is 87.3 Å². The Labute approximate surface area is 162 Å². The third kappa shape index (κ3) is 4.09. The van der Waals surface area contributed by atoms with Gasteiger partial charge >= 0.3 is 5.97 Å². The number of nitro benzene ring substituents is 1. The van der Waals surface area contributed by atoms with Crippen molar-refractivity contribution in [2.45, 2.75) is 33.6 Å². The van der Waals surface area contributed by atoms with Gasteiger partial charge in [0.15, 0.2) is 0 Å². The van der Waals surface area contributed by atoms with Crippen molar-refractivity contribution in [2.24, 2.45) is 0 Å². The summed E-state index contributed by atoms with van der Waals surface area (Å²) in [6, 6.07) is 13.7. The SMILES string of the molecule is CCCc1cc(OC(=O)c2ccc(C)c([N+](=O)[O-])c2)n(-c2ccc(C)cc2)n1. The maximum absolute atomic E-state index is 12.6. The predicted molar refractivity (Wildman–Crippen MR) is 105 cm³/mol. The molecule has 7 heteroatoms. The van der Waals surface area contributed by atoms with Crippen LogP contribution in [0.3, 0.4) is 0 Å². The van der Waals surface area contributed by atoms with E-state index >= 15 is 0 Å². The molecular weight excluding hydrogens is 358 g/mol. The van der Waals surface area contributed by atoms with Gasteiger partial charge in [-0.05, 0) is 38.5 Å². The van der Waals surface area contributed by atoms with Crippen molar-refractivity contribution < 1.29 is 14.5 Å². The second-order valence-corrected chi connectivity index (χ2v) is 6.62. The van der Waals surface area contributed by atoms with E-state index in [1.54, 1.807) is 17.7 Å². The monoisotopic (exact) mass is 379 g/mol. The second-order valence-electron chi connectivity index (χ2n) is 6.62. The van der Waals surface area contributed by atoms with Crippen molar-refractivity contribution in [2.75, 3.05) is 0 Å². The zero-order valence-corrected chi connectivity index (χ0v) is 16.0. The average Bonchev–Trinajstić information content (AvgIpc) is 3.05. The largest absolute Gasteiger partial charge is 0.404 e. The van der Waals surface area contributed by atoms with E-state index < -0.39 is 10.9 Å². The molecule has 0 fully saturated rings. The smallest absolute Gasteiger partial charge is 0.345 e. The minimum absolute atomic E-state index is 0.117. The van der Waals surface area contributed by atoms with Gasteiger partial charge < -0.3 is 4.74 Å². The maximum atomic E-state index is 12.6. The number of carbonyl (C=O) groups excluding carboxylic acids is 1. The van der Waals surface area contributed by atoms with Crippen LogP contribution in [0, 0.1) is 24.0 Å². The first kappa shape index (κ1) is 19.3. The van der Waals surface area contributed by atoms with Gasteiger partial charge in [0.1, 0.15) is 0 Å². The van der Waals surface area contributed by atoms with Crippen LogP contribution in [0.2, 0.25) is 0 Å². The number of ether oxygens (including phenoxy) is 1. The Kier molecular flexibility index (Phi) is 5.54. The molecule has 0 amide bonds. The molecule has 1 aromatic heterocycles. The molecule has 7 nitrogen and oxygen atoms in total. The number of rotatable bonds is 6. The third-order valence-corrected chi connectivity index (χ3v) is 4.35. The molecule has 0 unspecified atom stereocenters. The van der Waals surface area contributed by atoms with Gasteiger partial charge in [0.25, 0.3) is 5.69 Å². The van der Waals surface area contributed by atoms with Gasteiger partial charge in [0.05, 0.1) is 21.9 Å². The molecule has 0 saturated carbocycles. The van der Waals surface area contributed by atoms with Crippen molar-refractivity contribution in [3.8, 4) is 11.6 Å². The van der Waals surface area contributed by atoms with Crippen LogP contribution in [0.5, 0.6) is 5.88 Å². The van der Waals surface area contributed by atoms with Crippen molar-refractivity contribution in [3.05, 3.63) is 81.0 Å². The van der Waals surface area contributed by atoms with E-state index in [0.717, 1.165) is 29.8 Å². The van der Waals surface area contributed by atoms with Crippen LogP contribution < -0.4 is 4.74 Å². The highest BCUT2D eigenvalue weighted by molar-refractivity contribution is 5.91. The fourth-order valence-electron chi connectivity index (χ4n) is 2.82. The molecule has 0 spiro atoms. The van der Waals surface area contributed by atoms with Crippen molar-refractivity contribution in [1.82, 2.24) is 9.78 Å². The van der Waals surface area contributed by atoms with Crippen LogP contribution in [-0.2, 0) is 6.42 Å². The summed E-state index contributed by atoms with van der Waals surface area (Å²) in [5, 5.41) is 15.7. The number of nitrogens with zero attached hydrogens (tertiary/aromatic N) is 3. The number of hydrogen-bond acceptors (Lipinski definition) is 5. The van der Waals surface area contributed by atoms with E-state index in [-0.39, 0.29) is 17.1 Å². The third-order valence-electron chi connectivity index (χ3n) is 4.35. The van der Waals surface area contributed by atoms with Crippen LogP contribution in [0.1, 0.15) is 40.5 Å². The number of aromatic nitrogens is 2. The predicted octanol–water partition coefficient (Wildman–Crippen LogP) is 4.57. The standard InChI is InChI=1S/C21H21N3O4/c1-4-5-17-13-20(23(22-17)18-10-6-14(2)7-11-18)28-21(25)16-9-8-15(3)19(12-16)24(26)27/h6-13H,4-5H2,1-3H3. The molecule has 3 rings (SSSR count). The van der Waals surface area contributed by atoms with Crippen LogP contribution in [0.25, 0.3) is 5.69 Å². The summed E-state index contributed by atoms with van der Waals surface area (Å²) < 4.78 is 7.13. The normalized spacial score (nSPS) is 10.7. The summed E-state index contributed by atoms with van der Waals surface area (Å²) in [5.41, 5.74) is 3.16. The number of carbonyl (C=O) groups is 1.